The molecular formula is C11H13N5O. The number of carbonyl (C=O) groups is 1. The van der Waals surface area contributed by atoms with Crippen LogP contribution in [0.5, 0.6) is 0 Å². The maximum absolute atomic E-state index is 11.4. The van der Waals surface area contributed by atoms with Crippen molar-refractivity contribution >= 4 is 11.6 Å². The number of nitrogens with zero attached hydrogens (tertiary/aromatic N) is 3. The quantitative estimate of drug-likeness (QED) is 0.807. The van der Waals surface area contributed by atoms with E-state index in [0.29, 0.717) is 5.69 Å². The second kappa shape index (κ2) is 4.75. The van der Waals surface area contributed by atoms with Gasteiger partial charge in [-0.2, -0.15) is 5.10 Å². The van der Waals surface area contributed by atoms with Crippen molar-refractivity contribution in [2.75, 3.05) is 5.32 Å². The molecule has 0 bridgehead atoms. The van der Waals surface area contributed by atoms with Gasteiger partial charge in [0.05, 0.1) is 11.7 Å². The summed E-state index contributed by atoms with van der Waals surface area (Å²) in [7, 11) is 0. The number of anilines is 1. The van der Waals surface area contributed by atoms with Gasteiger partial charge < -0.3 is 11.1 Å². The fourth-order valence-electron chi connectivity index (χ4n) is 1.30. The van der Waals surface area contributed by atoms with Crippen LogP contribution in [0.15, 0.2) is 36.9 Å². The van der Waals surface area contributed by atoms with Crippen LogP contribution in [0.1, 0.15) is 6.92 Å². The molecule has 0 radical (unpaired) electrons. The zero-order valence-electron chi connectivity index (χ0n) is 9.37. The van der Waals surface area contributed by atoms with Crippen molar-refractivity contribution in [2.24, 2.45) is 5.73 Å². The smallest absolute Gasteiger partial charge is 0.240 e. The van der Waals surface area contributed by atoms with Crippen molar-refractivity contribution in [3.63, 3.8) is 0 Å². The van der Waals surface area contributed by atoms with Gasteiger partial charge in [-0.15, -0.1) is 0 Å². The van der Waals surface area contributed by atoms with Gasteiger partial charge in [0.2, 0.25) is 5.91 Å². The van der Waals surface area contributed by atoms with Crippen molar-refractivity contribution in [3.8, 4) is 5.69 Å². The van der Waals surface area contributed by atoms with E-state index in [-0.39, 0.29) is 5.91 Å². The van der Waals surface area contributed by atoms with E-state index in [1.807, 2.05) is 12.1 Å². The third-order valence-corrected chi connectivity index (χ3v) is 2.23. The Morgan fingerprint density at radius 3 is 2.65 bits per heavy atom. The lowest BCUT2D eigenvalue weighted by atomic mass is 10.2. The number of hydrogen-bond acceptors (Lipinski definition) is 4. The molecule has 0 aliphatic heterocycles. The molecule has 0 aliphatic carbocycles. The first kappa shape index (κ1) is 11.3. The van der Waals surface area contributed by atoms with E-state index in [2.05, 4.69) is 15.4 Å². The molecule has 6 nitrogen and oxygen atoms in total. The molecule has 1 aromatic carbocycles. The Kier molecular flexibility index (Phi) is 3.15. The molecule has 0 saturated heterocycles. The van der Waals surface area contributed by atoms with Crippen molar-refractivity contribution < 1.29 is 4.79 Å². The molecule has 0 spiro atoms. The molecule has 1 aromatic heterocycles. The number of hydrogen-bond donors (Lipinski definition) is 2. The Morgan fingerprint density at radius 2 is 2.12 bits per heavy atom. The minimum Gasteiger partial charge on any atom is -0.325 e. The summed E-state index contributed by atoms with van der Waals surface area (Å²) in [6.07, 6.45) is 3.07. The van der Waals surface area contributed by atoms with Crippen LogP contribution < -0.4 is 11.1 Å². The summed E-state index contributed by atoms with van der Waals surface area (Å²) in [5.74, 6) is -0.210. The van der Waals surface area contributed by atoms with Crippen LogP contribution in [0, 0.1) is 0 Å². The van der Waals surface area contributed by atoms with Gasteiger partial charge in [0.15, 0.2) is 0 Å². The Bertz CT molecular complexity index is 489. The summed E-state index contributed by atoms with van der Waals surface area (Å²) < 4.78 is 1.64. The van der Waals surface area contributed by atoms with Gasteiger partial charge in [-0.3, -0.25) is 4.79 Å². The molecule has 0 saturated carbocycles. The Morgan fingerprint density at radius 1 is 1.41 bits per heavy atom. The fraction of sp³-hybridized carbons (Fsp3) is 0.182. The lowest BCUT2D eigenvalue weighted by molar-refractivity contribution is -0.117. The lowest BCUT2D eigenvalue weighted by Gasteiger charge is -2.08. The first-order valence-electron chi connectivity index (χ1n) is 5.18. The highest BCUT2D eigenvalue weighted by Crippen LogP contribution is 2.12. The number of aromatic nitrogens is 3. The van der Waals surface area contributed by atoms with Crippen LogP contribution in [0.25, 0.3) is 5.69 Å². The zero-order valence-corrected chi connectivity index (χ0v) is 9.37. The molecule has 3 N–H and O–H groups in total. The van der Waals surface area contributed by atoms with Gasteiger partial charge in [-0.25, -0.2) is 9.67 Å². The number of carbonyl (C=O) groups excluding carboxylic acids is 1. The van der Waals surface area contributed by atoms with E-state index in [4.69, 9.17) is 5.73 Å². The van der Waals surface area contributed by atoms with Crippen LogP contribution in [-0.4, -0.2) is 26.7 Å². The molecule has 17 heavy (non-hydrogen) atoms. The Hall–Kier alpha value is -2.21. The Balaban J connectivity index is 2.11. The summed E-state index contributed by atoms with van der Waals surface area (Å²) in [5, 5.41) is 6.71. The summed E-state index contributed by atoms with van der Waals surface area (Å²) in [4.78, 5) is 15.2. The number of nitrogens with one attached hydrogen (secondary N) is 1. The third-order valence-electron chi connectivity index (χ3n) is 2.23. The first-order chi connectivity index (χ1) is 8.16. The average molecular weight is 231 g/mol. The van der Waals surface area contributed by atoms with Crippen molar-refractivity contribution in [2.45, 2.75) is 13.0 Å². The lowest BCUT2D eigenvalue weighted by Crippen LogP contribution is -2.32. The molecule has 0 aliphatic rings. The van der Waals surface area contributed by atoms with Gasteiger partial charge in [0.1, 0.15) is 12.7 Å². The number of benzene rings is 1. The minimum atomic E-state index is -0.523. The van der Waals surface area contributed by atoms with Gasteiger partial charge in [-0.1, -0.05) is 0 Å². The van der Waals surface area contributed by atoms with E-state index in [1.54, 1.807) is 30.1 Å². The summed E-state index contributed by atoms with van der Waals surface area (Å²) in [5.41, 5.74) is 7.04. The van der Waals surface area contributed by atoms with Crippen LogP contribution in [0.2, 0.25) is 0 Å². The van der Waals surface area contributed by atoms with Crippen LogP contribution in [-0.2, 0) is 4.79 Å². The summed E-state index contributed by atoms with van der Waals surface area (Å²) >= 11 is 0. The molecule has 0 unspecified atom stereocenters. The third kappa shape index (κ3) is 2.67. The zero-order chi connectivity index (χ0) is 12.3. The topological polar surface area (TPSA) is 85.8 Å². The average Bonchev–Trinajstić information content (AvgIpc) is 2.83. The molecule has 2 aromatic rings. The second-order valence-electron chi connectivity index (χ2n) is 3.66. The molecule has 88 valence electrons. The van der Waals surface area contributed by atoms with E-state index < -0.39 is 6.04 Å². The number of nitrogens with two attached hydrogens (primary N) is 1. The van der Waals surface area contributed by atoms with Gasteiger partial charge in [-0.05, 0) is 31.2 Å². The largest absolute Gasteiger partial charge is 0.325 e. The van der Waals surface area contributed by atoms with E-state index >= 15 is 0 Å². The molecule has 1 heterocycles. The van der Waals surface area contributed by atoms with Gasteiger partial charge >= 0.3 is 0 Å². The number of amides is 1. The number of rotatable bonds is 3. The predicted molar refractivity (Wildman–Crippen MR) is 63.6 cm³/mol. The second-order valence-corrected chi connectivity index (χ2v) is 3.66. The highest BCUT2D eigenvalue weighted by Gasteiger charge is 2.07. The van der Waals surface area contributed by atoms with Crippen molar-refractivity contribution in [1.82, 2.24) is 14.8 Å². The van der Waals surface area contributed by atoms with Gasteiger partial charge in [0, 0.05) is 5.69 Å². The van der Waals surface area contributed by atoms with E-state index in [9.17, 15) is 4.79 Å². The van der Waals surface area contributed by atoms with E-state index in [1.165, 1.54) is 6.33 Å². The van der Waals surface area contributed by atoms with Gasteiger partial charge in [0.25, 0.3) is 0 Å². The van der Waals surface area contributed by atoms with Crippen LogP contribution in [0.3, 0.4) is 0 Å². The summed E-state index contributed by atoms with van der Waals surface area (Å²) in [6, 6.07) is 6.73. The predicted octanol–water partition coefficient (Wildman–Crippen LogP) is 0.553. The SMILES string of the molecule is C[C@H](N)C(=O)Nc1ccc(-n2cncn2)cc1. The Labute approximate surface area is 98.5 Å². The fourth-order valence-corrected chi connectivity index (χ4v) is 1.30. The molecule has 1 amide bonds. The van der Waals surface area contributed by atoms with Crippen molar-refractivity contribution in [3.05, 3.63) is 36.9 Å². The monoisotopic (exact) mass is 231 g/mol. The normalized spacial score (nSPS) is 12.1. The van der Waals surface area contributed by atoms with Crippen LogP contribution >= 0.6 is 0 Å². The molecule has 0 fully saturated rings. The van der Waals surface area contributed by atoms with E-state index in [0.717, 1.165) is 5.69 Å². The standard InChI is InChI=1S/C11H13N5O/c1-8(12)11(17)15-9-2-4-10(5-3-9)16-7-13-6-14-16/h2-8H,12H2,1H3,(H,15,17)/t8-/m0/s1. The molecular weight excluding hydrogens is 218 g/mol. The minimum absolute atomic E-state index is 0.210. The molecule has 2 rings (SSSR count). The first-order valence-corrected chi connectivity index (χ1v) is 5.18. The van der Waals surface area contributed by atoms with Crippen molar-refractivity contribution in [1.29, 1.82) is 0 Å². The molecule has 1 atom stereocenters. The maximum atomic E-state index is 11.4. The molecule has 6 heteroatoms. The highest BCUT2D eigenvalue weighted by atomic mass is 16.2. The summed E-state index contributed by atoms with van der Waals surface area (Å²) in [6.45, 7) is 1.64. The van der Waals surface area contributed by atoms with Crippen LogP contribution in [0.4, 0.5) is 5.69 Å². The maximum Gasteiger partial charge on any atom is 0.240 e. The highest BCUT2D eigenvalue weighted by molar-refractivity contribution is 5.94.